The van der Waals surface area contributed by atoms with E-state index in [-0.39, 0.29) is 5.82 Å². The molecule has 0 radical (unpaired) electrons. The number of nitrogens with zero attached hydrogens (tertiary/aromatic N) is 2. The number of hydrogen-bond acceptors (Lipinski definition) is 3. The smallest absolute Gasteiger partial charge is 0.134 e. The molecule has 0 N–H and O–H groups in total. The second-order valence-electron chi connectivity index (χ2n) is 7.92. The molecular weight excluding hydrogens is 411 g/mol. The fourth-order valence-corrected chi connectivity index (χ4v) is 3.75. The number of ether oxygens (including phenoxy) is 1. The van der Waals surface area contributed by atoms with Gasteiger partial charge in [-0.2, -0.15) is 5.26 Å². The molecule has 0 aliphatic carbocycles. The lowest BCUT2D eigenvalue weighted by atomic mass is 10.0. The fourth-order valence-electron chi connectivity index (χ4n) is 3.75. The van der Waals surface area contributed by atoms with Crippen LogP contribution in [-0.4, -0.2) is 11.6 Å². The van der Waals surface area contributed by atoms with Gasteiger partial charge in [0.15, 0.2) is 0 Å². The van der Waals surface area contributed by atoms with Crippen molar-refractivity contribution in [1.29, 1.82) is 5.26 Å². The molecule has 0 atom stereocenters. The Balaban J connectivity index is 1.19. The first-order valence-electron chi connectivity index (χ1n) is 11.2. The van der Waals surface area contributed by atoms with E-state index in [9.17, 15) is 4.39 Å². The van der Waals surface area contributed by atoms with E-state index in [0.29, 0.717) is 23.5 Å². The Morgan fingerprint density at radius 1 is 0.758 bits per heavy atom. The molecule has 1 heterocycles. The van der Waals surface area contributed by atoms with Crippen molar-refractivity contribution >= 4 is 0 Å². The highest BCUT2D eigenvalue weighted by molar-refractivity contribution is 5.66. The summed E-state index contributed by atoms with van der Waals surface area (Å²) in [5, 5.41) is 8.89. The first kappa shape index (κ1) is 22.2. The van der Waals surface area contributed by atoms with Crippen molar-refractivity contribution in [2.75, 3.05) is 6.61 Å². The second kappa shape index (κ2) is 11.1. The summed E-state index contributed by atoms with van der Waals surface area (Å²) in [6, 6.07) is 26.6. The average Bonchev–Trinajstić information content (AvgIpc) is 2.87. The lowest BCUT2D eigenvalue weighted by Crippen LogP contribution is -1.98. The van der Waals surface area contributed by atoms with Gasteiger partial charge in [0.2, 0.25) is 0 Å². The second-order valence-corrected chi connectivity index (χ2v) is 7.92. The van der Waals surface area contributed by atoms with Crippen LogP contribution in [0.2, 0.25) is 0 Å². The Kier molecular flexibility index (Phi) is 7.45. The van der Waals surface area contributed by atoms with Gasteiger partial charge in [-0.1, -0.05) is 36.4 Å². The zero-order valence-electron chi connectivity index (χ0n) is 18.4. The molecule has 164 valence electrons. The van der Waals surface area contributed by atoms with E-state index in [1.54, 1.807) is 36.4 Å². The van der Waals surface area contributed by atoms with Gasteiger partial charge < -0.3 is 4.74 Å². The Bertz CT molecular complexity index is 1210. The molecule has 33 heavy (non-hydrogen) atoms. The van der Waals surface area contributed by atoms with Gasteiger partial charge in [-0.25, -0.2) is 4.39 Å². The first-order chi connectivity index (χ1) is 16.2. The number of halogens is 1. The van der Waals surface area contributed by atoms with Crippen LogP contribution in [-0.2, 0) is 6.42 Å². The van der Waals surface area contributed by atoms with Crippen LogP contribution >= 0.6 is 0 Å². The van der Waals surface area contributed by atoms with E-state index >= 15 is 0 Å². The molecule has 0 aliphatic heterocycles. The molecule has 3 aromatic carbocycles. The van der Waals surface area contributed by atoms with Gasteiger partial charge in [-0.05, 0) is 84.3 Å². The third-order valence-electron chi connectivity index (χ3n) is 5.61. The zero-order chi connectivity index (χ0) is 22.9. The predicted octanol–water partition coefficient (Wildman–Crippen LogP) is 7.22. The molecule has 0 saturated heterocycles. The molecule has 0 amide bonds. The SMILES string of the molecule is N#Cc1ccc(-c2ccc(OCCCCCc3ccc(-c4ccncc4)cc3)cc2F)cc1. The van der Waals surface area contributed by atoms with Crippen LogP contribution in [0.1, 0.15) is 30.4 Å². The van der Waals surface area contributed by atoms with Crippen LogP contribution in [0.15, 0.2) is 91.3 Å². The number of nitriles is 1. The average molecular weight is 437 g/mol. The molecule has 0 spiro atoms. The predicted molar refractivity (Wildman–Crippen MR) is 129 cm³/mol. The molecular formula is C29H25FN2O. The van der Waals surface area contributed by atoms with Gasteiger partial charge in [-0.3, -0.25) is 4.98 Å². The first-order valence-corrected chi connectivity index (χ1v) is 11.2. The number of unbranched alkanes of at least 4 members (excludes halogenated alkanes) is 2. The lowest BCUT2D eigenvalue weighted by Gasteiger charge is -2.09. The molecule has 1 aromatic heterocycles. The minimum atomic E-state index is -0.326. The Morgan fingerprint density at radius 3 is 2.15 bits per heavy atom. The van der Waals surface area contributed by atoms with Crippen LogP contribution in [0, 0.1) is 17.1 Å². The monoisotopic (exact) mass is 436 g/mol. The largest absolute Gasteiger partial charge is 0.493 e. The third kappa shape index (κ3) is 6.05. The van der Waals surface area contributed by atoms with E-state index in [4.69, 9.17) is 10.00 Å². The van der Waals surface area contributed by atoms with Crippen molar-refractivity contribution in [3.63, 3.8) is 0 Å². The van der Waals surface area contributed by atoms with E-state index in [1.807, 2.05) is 24.5 Å². The fraction of sp³-hybridized carbons (Fsp3) is 0.172. The van der Waals surface area contributed by atoms with E-state index in [1.165, 1.54) is 22.8 Å². The molecule has 0 bridgehead atoms. The van der Waals surface area contributed by atoms with Crippen LogP contribution < -0.4 is 4.74 Å². The van der Waals surface area contributed by atoms with Crippen molar-refractivity contribution in [2.45, 2.75) is 25.7 Å². The molecule has 0 saturated carbocycles. The standard InChI is InChI=1S/C29H25FN2O/c30-29-20-27(13-14-28(29)26-11-7-23(21-31)8-12-26)33-19-3-1-2-4-22-5-9-24(10-6-22)25-15-17-32-18-16-25/h5-18,20H,1-4,19H2. The van der Waals surface area contributed by atoms with Crippen molar-refractivity contribution < 1.29 is 9.13 Å². The van der Waals surface area contributed by atoms with Crippen LogP contribution in [0.5, 0.6) is 5.75 Å². The van der Waals surface area contributed by atoms with E-state index in [0.717, 1.165) is 31.2 Å². The Morgan fingerprint density at radius 2 is 1.45 bits per heavy atom. The van der Waals surface area contributed by atoms with Gasteiger partial charge in [0.05, 0.1) is 18.2 Å². The van der Waals surface area contributed by atoms with Crippen LogP contribution in [0.25, 0.3) is 22.3 Å². The van der Waals surface area contributed by atoms with Crippen LogP contribution in [0.3, 0.4) is 0 Å². The van der Waals surface area contributed by atoms with Gasteiger partial charge in [-0.15, -0.1) is 0 Å². The highest BCUT2D eigenvalue weighted by Crippen LogP contribution is 2.27. The molecule has 4 rings (SSSR count). The molecule has 0 fully saturated rings. The van der Waals surface area contributed by atoms with Crippen molar-refractivity contribution in [3.05, 3.63) is 108 Å². The topological polar surface area (TPSA) is 45.9 Å². The summed E-state index contributed by atoms with van der Waals surface area (Å²) in [5.74, 6) is 0.212. The zero-order valence-corrected chi connectivity index (χ0v) is 18.4. The number of benzene rings is 3. The minimum absolute atomic E-state index is 0.326. The van der Waals surface area contributed by atoms with Crippen molar-refractivity contribution in [2.24, 2.45) is 0 Å². The normalized spacial score (nSPS) is 10.5. The molecule has 3 nitrogen and oxygen atoms in total. The van der Waals surface area contributed by atoms with Gasteiger partial charge in [0, 0.05) is 24.0 Å². The molecule has 0 unspecified atom stereocenters. The minimum Gasteiger partial charge on any atom is -0.493 e. The molecule has 0 aliphatic rings. The summed E-state index contributed by atoms with van der Waals surface area (Å²) in [7, 11) is 0. The maximum Gasteiger partial charge on any atom is 0.134 e. The quantitative estimate of drug-likeness (QED) is 0.260. The highest BCUT2D eigenvalue weighted by atomic mass is 19.1. The van der Waals surface area contributed by atoms with Gasteiger partial charge >= 0.3 is 0 Å². The summed E-state index contributed by atoms with van der Waals surface area (Å²) in [4.78, 5) is 4.06. The van der Waals surface area contributed by atoms with E-state index < -0.39 is 0 Å². The number of rotatable bonds is 9. The maximum atomic E-state index is 14.5. The van der Waals surface area contributed by atoms with Crippen molar-refractivity contribution in [3.8, 4) is 34.1 Å². The number of hydrogen-bond donors (Lipinski definition) is 0. The lowest BCUT2D eigenvalue weighted by molar-refractivity contribution is 0.304. The molecule has 4 heteroatoms. The number of pyridine rings is 1. The summed E-state index contributed by atoms with van der Waals surface area (Å²) in [6.45, 7) is 0.566. The Labute approximate surface area is 194 Å². The summed E-state index contributed by atoms with van der Waals surface area (Å²) >= 11 is 0. The maximum absolute atomic E-state index is 14.5. The number of aromatic nitrogens is 1. The summed E-state index contributed by atoms with van der Waals surface area (Å²) < 4.78 is 20.3. The van der Waals surface area contributed by atoms with Crippen LogP contribution in [0.4, 0.5) is 4.39 Å². The van der Waals surface area contributed by atoms with Crippen molar-refractivity contribution in [1.82, 2.24) is 4.98 Å². The summed E-state index contributed by atoms with van der Waals surface area (Å²) in [6.07, 6.45) is 7.72. The molecule has 4 aromatic rings. The number of aryl methyl sites for hydroxylation is 1. The third-order valence-corrected chi connectivity index (χ3v) is 5.61. The van der Waals surface area contributed by atoms with Gasteiger partial charge in [0.25, 0.3) is 0 Å². The Hall–Kier alpha value is -3.97. The summed E-state index contributed by atoms with van der Waals surface area (Å²) in [5.41, 5.74) is 5.51. The highest BCUT2D eigenvalue weighted by Gasteiger charge is 2.07. The van der Waals surface area contributed by atoms with E-state index in [2.05, 4.69) is 35.3 Å². The van der Waals surface area contributed by atoms with Gasteiger partial charge in [0.1, 0.15) is 11.6 Å².